The van der Waals surface area contributed by atoms with E-state index in [2.05, 4.69) is 41.7 Å². The summed E-state index contributed by atoms with van der Waals surface area (Å²) in [6.45, 7) is 10.8. The van der Waals surface area contributed by atoms with Crippen LogP contribution in [0.3, 0.4) is 0 Å². The van der Waals surface area contributed by atoms with Gasteiger partial charge in [-0.05, 0) is 67.1 Å². The Labute approximate surface area is 370 Å². The molecule has 1 N–H and O–H groups in total. The van der Waals surface area contributed by atoms with Gasteiger partial charge in [-0.15, -0.1) is 11.8 Å². The number of thioether (sulfide) groups is 1. The Bertz CT molecular complexity index is 1680. The SMILES string of the molecule is CC(=O)CC[C@H](CSC(c1ccccc1)(c1ccccc1)c1ccccc1)NC(=O)[C@@H](C)[C@H](C[C@H](C)C[C@H](OC(=O)C1CCCC1)C(C)(C)C)OC(=O)OCC(Cl)(Cl)Cl. The van der Waals surface area contributed by atoms with Crippen LogP contribution in [0.2, 0.25) is 0 Å². The number of nitrogens with one attached hydrogen (secondary N) is 1. The normalized spacial score (nSPS) is 16.3. The lowest BCUT2D eigenvalue weighted by Crippen LogP contribution is -2.45. The number of benzene rings is 3. The fourth-order valence-corrected chi connectivity index (χ4v) is 9.33. The molecular formula is C47H60Cl3NO7S. The largest absolute Gasteiger partial charge is 0.508 e. The number of esters is 1. The van der Waals surface area contributed by atoms with Gasteiger partial charge >= 0.3 is 12.1 Å². The van der Waals surface area contributed by atoms with E-state index in [1.807, 2.05) is 82.3 Å². The number of Topliss-reactive ketones (excluding diaryl/α,β-unsaturated/α-hetero) is 1. The zero-order valence-corrected chi connectivity index (χ0v) is 38.2. The van der Waals surface area contributed by atoms with E-state index in [1.165, 1.54) is 0 Å². The van der Waals surface area contributed by atoms with Gasteiger partial charge in [0.25, 0.3) is 0 Å². The molecule has 1 aliphatic rings. The molecule has 0 aromatic heterocycles. The molecule has 0 unspecified atom stereocenters. The van der Waals surface area contributed by atoms with Crippen LogP contribution in [-0.4, -0.2) is 58.2 Å². The van der Waals surface area contributed by atoms with Crippen LogP contribution in [-0.2, 0) is 33.3 Å². The number of halogens is 3. The first-order valence-electron chi connectivity index (χ1n) is 20.6. The van der Waals surface area contributed by atoms with Gasteiger partial charge in [0, 0.05) is 18.2 Å². The van der Waals surface area contributed by atoms with Crippen molar-refractivity contribution in [3.63, 3.8) is 0 Å². The van der Waals surface area contributed by atoms with Gasteiger partial charge in [-0.3, -0.25) is 9.59 Å². The Morgan fingerprint density at radius 3 is 1.75 bits per heavy atom. The maximum absolute atomic E-state index is 14.4. The highest BCUT2D eigenvalue weighted by molar-refractivity contribution is 8.00. The molecule has 12 heteroatoms. The van der Waals surface area contributed by atoms with Crippen molar-refractivity contribution in [1.29, 1.82) is 0 Å². The molecule has 1 saturated carbocycles. The first-order chi connectivity index (χ1) is 27.9. The van der Waals surface area contributed by atoms with Gasteiger partial charge in [-0.2, -0.15) is 0 Å². The van der Waals surface area contributed by atoms with Gasteiger partial charge in [0.05, 0.1) is 16.6 Å². The van der Waals surface area contributed by atoms with Gasteiger partial charge in [-0.25, -0.2) is 4.79 Å². The molecule has 0 saturated heterocycles. The molecule has 1 aliphatic carbocycles. The second-order valence-electron chi connectivity index (χ2n) is 17.0. The van der Waals surface area contributed by atoms with E-state index in [-0.39, 0.29) is 47.8 Å². The summed E-state index contributed by atoms with van der Waals surface area (Å²) in [5, 5.41) is 3.23. The van der Waals surface area contributed by atoms with Crippen molar-refractivity contribution >= 4 is 70.4 Å². The van der Waals surface area contributed by atoms with Crippen molar-refractivity contribution in [3.05, 3.63) is 108 Å². The molecule has 1 amide bonds. The summed E-state index contributed by atoms with van der Waals surface area (Å²) < 4.78 is 14.6. The maximum Gasteiger partial charge on any atom is 0.508 e. The number of amides is 1. The molecule has 0 aliphatic heterocycles. The summed E-state index contributed by atoms with van der Waals surface area (Å²) >= 11 is 19.3. The molecule has 0 heterocycles. The van der Waals surface area contributed by atoms with Crippen LogP contribution in [0.25, 0.3) is 0 Å². The maximum atomic E-state index is 14.4. The topological polar surface area (TPSA) is 108 Å². The number of carbonyl (C=O) groups is 4. The minimum atomic E-state index is -1.86. The zero-order chi connectivity index (χ0) is 43.2. The highest BCUT2D eigenvalue weighted by Crippen LogP contribution is 2.49. The van der Waals surface area contributed by atoms with E-state index >= 15 is 0 Å². The highest BCUT2D eigenvalue weighted by atomic mass is 35.6. The summed E-state index contributed by atoms with van der Waals surface area (Å²) in [4.78, 5) is 52.9. The van der Waals surface area contributed by atoms with Crippen LogP contribution >= 0.6 is 46.6 Å². The van der Waals surface area contributed by atoms with Crippen molar-refractivity contribution in [2.24, 2.45) is 23.2 Å². The molecule has 1 fully saturated rings. The number of rotatable bonds is 20. The number of carbonyl (C=O) groups excluding carboxylic acids is 4. The second-order valence-corrected chi connectivity index (χ2v) is 20.7. The minimum Gasteiger partial charge on any atom is -0.462 e. The molecule has 3 aromatic carbocycles. The predicted molar refractivity (Wildman–Crippen MR) is 239 cm³/mol. The van der Waals surface area contributed by atoms with Crippen molar-refractivity contribution in [1.82, 2.24) is 5.32 Å². The smallest absolute Gasteiger partial charge is 0.462 e. The van der Waals surface area contributed by atoms with E-state index in [0.29, 0.717) is 18.6 Å². The van der Waals surface area contributed by atoms with Gasteiger partial charge in [0.15, 0.2) is 0 Å². The third kappa shape index (κ3) is 15.0. The lowest BCUT2D eigenvalue weighted by atomic mass is 9.81. The first-order valence-corrected chi connectivity index (χ1v) is 22.7. The van der Waals surface area contributed by atoms with Crippen molar-refractivity contribution < 1.29 is 33.4 Å². The summed E-state index contributed by atoms with van der Waals surface area (Å²) in [7, 11) is 0. The summed E-state index contributed by atoms with van der Waals surface area (Å²) in [6, 6.07) is 30.4. The van der Waals surface area contributed by atoms with E-state index in [1.54, 1.807) is 25.6 Å². The zero-order valence-electron chi connectivity index (χ0n) is 35.1. The Hall–Kier alpha value is -3.24. The molecule has 0 radical (unpaired) electrons. The van der Waals surface area contributed by atoms with Gasteiger partial charge in [0.2, 0.25) is 9.70 Å². The van der Waals surface area contributed by atoms with E-state index in [9.17, 15) is 19.2 Å². The lowest BCUT2D eigenvalue weighted by molar-refractivity contribution is -0.161. The van der Waals surface area contributed by atoms with Crippen molar-refractivity contribution in [2.75, 3.05) is 12.4 Å². The van der Waals surface area contributed by atoms with Crippen molar-refractivity contribution in [3.8, 4) is 0 Å². The standard InChI is InChI=1S/C47H60Cl3NO7S/c1-32(29-41(45(4,5)6)58-43(54)35-18-16-17-19-35)28-40(57-44(55)56-31-46(48,49)50)34(3)42(53)51-39(27-26-33(2)52)30-59-47(36-20-10-7-11-21-36,37-22-12-8-13-23-37)38-24-14-9-15-25-38/h7-15,20-25,32,34-35,39-41H,16-19,26-31H2,1-6H3,(H,51,53)/t32-,34-,39+,40-,41-/m0/s1. The summed E-state index contributed by atoms with van der Waals surface area (Å²) in [6.07, 6.45) is 2.70. The van der Waals surface area contributed by atoms with Crippen LogP contribution in [0.15, 0.2) is 91.0 Å². The molecule has 0 spiro atoms. The number of ketones is 1. The van der Waals surface area contributed by atoms with Crippen LogP contribution in [0.4, 0.5) is 4.79 Å². The lowest BCUT2D eigenvalue weighted by Gasteiger charge is -2.37. The average molecular weight is 889 g/mol. The highest BCUT2D eigenvalue weighted by Gasteiger charge is 2.39. The van der Waals surface area contributed by atoms with E-state index in [0.717, 1.165) is 42.4 Å². The third-order valence-electron chi connectivity index (χ3n) is 11.0. The molecule has 4 rings (SSSR count). The monoisotopic (exact) mass is 887 g/mol. The fraction of sp³-hybridized carbons (Fsp3) is 0.532. The summed E-state index contributed by atoms with van der Waals surface area (Å²) in [5.74, 6) is -1.14. The predicted octanol–water partition coefficient (Wildman–Crippen LogP) is 11.7. The number of hydrogen-bond acceptors (Lipinski definition) is 8. The fourth-order valence-electron chi connectivity index (χ4n) is 7.56. The molecule has 5 atom stereocenters. The Kier molecular flexibility index (Phi) is 18.5. The minimum absolute atomic E-state index is 0.0107. The molecule has 0 bridgehead atoms. The summed E-state index contributed by atoms with van der Waals surface area (Å²) in [5.41, 5.74) is 2.86. The van der Waals surface area contributed by atoms with Crippen LogP contribution in [0.1, 0.15) is 110 Å². The Balaban J connectivity index is 1.60. The second kappa shape index (κ2) is 22.6. The van der Waals surface area contributed by atoms with E-state index < -0.39 is 45.5 Å². The third-order valence-corrected chi connectivity index (χ3v) is 13.0. The molecule has 3 aromatic rings. The Morgan fingerprint density at radius 2 is 1.29 bits per heavy atom. The average Bonchev–Trinajstić information content (AvgIpc) is 3.75. The van der Waals surface area contributed by atoms with Crippen LogP contribution in [0.5, 0.6) is 0 Å². The first kappa shape index (κ1) is 48.4. The van der Waals surface area contributed by atoms with E-state index in [4.69, 9.17) is 49.0 Å². The van der Waals surface area contributed by atoms with Crippen LogP contribution in [0, 0.1) is 23.2 Å². The van der Waals surface area contributed by atoms with Crippen molar-refractivity contribution in [2.45, 2.75) is 120 Å². The Morgan fingerprint density at radius 1 is 0.780 bits per heavy atom. The molecule has 59 heavy (non-hydrogen) atoms. The molecule has 322 valence electrons. The van der Waals surface area contributed by atoms with Gasteiger partial charge in [0.1, 0.15) is 24.6 Å². The number of hydrogen-bond donors (Lipinski definition) is 1. The van der Waals surface area contributed by atoms with Gasteiger partial charge < -0.3 is 24.3 Å². The number of ether oxygens (including phenoxy) is 3. The number of alkyl halides is 3. The quantitative estimate of drug-likeness (QED) is 0.0679. The van der Waals surface area contributed by atoms with Gasteiger partial charge in [-0.1, -0.05) is 173 Å². The van der Waals surface area contributed by atoms with Crippen LogP contribution < -0.4 is 5.32 Å². The molecular weight excluding hydrogens is 829 g/mol. The molecule has 8 nitrogen and oxygen atoms in total.